The zero-order valence-corrected chi connectivity index (χ0v) is 12.3. The molecule has 2 rings (SSSR count). The van der Waals surface area contributed by atoms with Gasteiger partial charge in [0.25, 0.3) is 0 Å². The van der Waals surface area contributed by atoms with Gasteiger partial charge in [-0.15, -0.1) is 0 Å². The summed E-state index contributed by atoms with van der Waals surface area (Å²) in [5, 5.41) is 12.3. The Labute approximate surface area is 120 Å². The van der Waals surface area contributed by atoms with Crippen LogP contribution in [0.1, 0.15) is 51.9 Å². The number of carboxylic acid groups (broad SMARTS) is 1. The molecule has 1 aliphatic carbocycles. The number of amides is 1. The summed E-state index contributed by atoms with van der Waals surface area (Å²) >= 11 is 0. The molecule has 114 valence electrons. The van der Waals surface area contributed by atoms with Crippen LogP contribution >= 0.6 is 0 Å². The number of carboxylic acids is 1. The molecule has 0 aromatic heterocycles. The lowest BCUT2D eigenvalue weighted by Crippen LogP contribution is -2.47. The average molecular weight is 282 g/mol. The molecule has 0 unspecified atom stereocenters. The Bertz CT molecular complexity index is 359. The number of hydrogen-bond acceptors (Lipinski definition) is 3. The third kappa shape index (κ3) is 3.51. The number of carbonyl (C=O) groups excluding carboxylic acids is 1. The van der Waals surface area contributed by atoms with E-state index >= 15 is 0 Å². The molecule has 1 heterocycles. The van der Waals surface area contributed by atoms with Gasteiger partial charge in [0.1, 0.15) is 6.04 Å². The van der Waals surface area contributed by atoms with Gasteiger partial charge in [0, 0.05) is 12.6 Å². The van der Waals surface area contributed by atoms with Crippen LogP contribution < -0.4 is 5.32 Å². The minimum absolute atomic E-state index is 0.0316. The minimum Gasteiger partial charge on any atom is -0.480 e. The number of fused-ring (bicyclic) bond motifs is 1. The maximum absolute atomic E-state index is 12.0. The molecule has 0 radical (unpaired) electrons. The van der Waals surface area contributed by atoms with Gasteiger partial charge in [-0.2, -0.15) is 0 Å². The van der Waals surface area contributed by atoms with Crippen molar-refractivity contribution in [3.05, 3.63) is 0 Å². The van der Waals surface area contributed by atoms with Crippen molar-refractivity contribution in [2.45, 2.75) is 64.0 Å². The largest absolute Gasteiger partial charge is 0.480 e. The van der Waals surface area contributed by atoms with Crippen LogP contribution in [0.25, 0.3) is 0 Å². The summed E-state index contributed by atoms with van der Waals surface area (Å²) in [7, 11) is 0. The molecule has 0 bridgehead atoms. The van der Waals surface area contributed by atoms with E-state index in [4.69, 9.17) is 0 Å². The van der Waals surface area contributed by atoms with Crippen molar-refractivity contribution in [2.75, 3.05) is 13.1 Å². The molecule has 2 fully saturated rings. The minimum atomic E-state index is -0.777. The first-order valence-electron chi connectivity index (χ1n) is 7.88. The molecule has 0 aromatic rings. The van der Waals surface area contributed by atoms with Gasteiger partial charge >= 0.3 is 5.97 Å². The summed E-state index contributed by atoms with van der Waals surface area (Å²) < 4.78 is 0. The number of hydrogen-bond donors (Lipinski definition) is 2. The summed E-state index contributed by atoms with van der Waals surface area (Å²) in [6.45, 7) is 3.01. The Hall–Kier alpha value is -1.10. The molecule has 0 spiro atoms. The number of unbranched alkanes of at least 4 members (excludes halogenated alkanes) is 1. The lowest BCUT2D eigenvalue weighted by atomic mass is 9.85. The lowest BCUT2D eigenvalue weighted by molar-refractivity contribution is -0.143. The van der Waals surface area contributed by atoms with Crippen LogP contribution in [0.15, 0.2) is 0 Å². The summed E-state index contributed by atoms with van der Waals surface area (Å²) in [5.74, 6) is -0.343. The van der Waals surface area contributed by atoms with Crippen molar-refractivity contribution in [1.82, 2.24) is 10.2 Å². The van der Waals surface area contributed by atoms with E-state index in [9.17, 15) is 14.7 Å². The Morgan fingerprint density at radius 1 is 1.30 bits per heavy atom. The van der Waals surface area contributed by atoms with Crippen LogP contribution in [0, 0.1) is 5.92 Å². The van der Waals surface area contributed by atoms with Gasteiger partial charge in [-0.1, -0.05) is 26.2 Å². The first-order valence-corrected chi connectivity index (χ1v) is 7.88. The number of nitrogens with zero attached hydrogens (tertiary/aromatic N) is 1. The normalized spacial score (nSPS) is 29.9. The summed E-state index contributed by atoms with van der Waals surface area (Å²) in [6.07, 6.45) is 7.24. The second-order valence-electron chi connectivity index (χ2n) is 6.08. The van der Waals surface area contributed by atoms with Gasteiger partial charge < -0.3 is 10.4 Å². The van der Waals surface area contributed by atoms with Crippen molar-refractivity contribution in [3.8, 4) is 0 Å². The molecule has 2 aliphatic rings. The van der Waals surface area contributed by atoms with Crippen LogP contribution in [0.5, 0.6) is 0 Å². The van der Waals surface area contributed by atoms with E-state index in [1.807, 2.05) is 4.90 Å². The highest BCUT2D eigenvalue weighted by Gasteiger charge is 2.45. The monoisotopic (exact) mass is 282 g/mol. The molecule has 1 saturated heterocycles. The van der Waals surface area contributed by atoms with Crippen LogP contribution in [0.4, 0.5) is 0 Å². The number of likely N-dealkylation sites (tertiary alicyclic amines) is 1. The molecule has 1 saturated carbocycles. The number of aliphatic carboxylic acids is 1. The summed E-state index contributed by atoms with van der Waals surface area (Å²) in [4.78, 5) is 25.3. The smallest absolute Gasteiger partial charge is 0.320 e. The maximum atomic E-state index is 12.0. The molecule has 1 amide bonds. The zero-order chi connectivity index (χ0) is 14.5. The van der Waals surface area contributed by atoms with Gasteiger partial charge in [0.05, 0.1) is 6.54 Å². The third-order valence-electron chi connectivity index (χ3n) is 4.69. The standard InChI is InChI=1S/C15H26N2O3/c1-2-3-8-16-14(18)10-17-12-7-5-4-6-11(12)9-13(17)15(19)20/h11-13H,2-10H2,1H3,(H,16,18)(H,19,20)/t11-,12+,13+/m1/s1. The van der Waals surface area contributed by atoms with E-state index < -0.39 is 12.0 Å². The van der Waals surface area contributed by atoms with E-state index in [0.717, 1.165) is 32.1 Å². The quantitative estimate of drug-likeness (QED) is 0.726. The summed E-state index contributed by atoms with van der Waals surface area (Å²) in [6, 6.07) is -0.179. The van der Waals surface area contributed by atoms with Crippen molar-refractivity contribution in [2.24, 2.45) is 5.92 Å². The maximum Gasteiger partial charge on any atom is 0.320 e. The Balaban J connectivity index is 1.94. The van der Waals surface area contributed by atoms with Gasteiger partial charge in [0.15, 0.2) is 0 Å². The van der Waals surface area contributed by atoms with Gasteiger partial charge in [-0.3, -0.25) is 14.5 Å². The second-order valence-corrected chi connectivity index (χ2v) is 6.08. The molecule has 5 heteroatoms. The molecule has 5 nitrogen and oxygen atoms in total. The van der Waals surface area contributed by atoms with Crippen molar-refractivity contribution in [1.29, 1.82) is 0 Å². The van der Waals surface area contributed by atoms with Crippen molar-refractivity contribution in [3.63, 3.8) is 0 Å². The number of rotatable bonds is 6. The van der Waals surface area contributed by atoms with Gasteiger partial charge in [-0.05, 0) is 31.6 Å². The molecule has 2 N–H and O–H groups in total. The zero-order valence-electron chi connectivity index (χ0n) is 12.3. The second kappa shape index (κ2) is 7.07. The van der Waals surface area contributed by atoms with E-state index in [0.29, 0.717) is 24.9 Å². The van der Waals surface area contributed by atoms with Crippen LogP contribution in [-0.4, -0.2) is 47.1 Å². The predicted molar refractivity (Wildman–Crippen MR) is 76.4 cm³/mol. The van der Waals surface area contributed by atoms with Crippen molar-refractivity contribution >= 4 is 11.9 Å². The van der Waals surface area contributed by atoms with Gasteiger partial charge in [0.2, 0.25) is 5.91 Å². The number of carbonyl (C=O) groups is 2. The highest BCUT2D eigenvalue weighted by atomic mass is 16.4. The fraction of sp³-hybridized carbons (Fsp3) is 0.867. The number of nitrogens with one attached hydrogen (secondary N) is 1. The molecule has 0 aromatic carbocycles. The first-order chi connectivity index (χ1) is 9.63. The van der Waals surface area contributed by atoms with E-state index in [-0.39, 0.29) is 12.5 Å². The highest BCUT2D eigenvalue weighted by molar-refractivity contribution is 5.80. The average Bonchev–Trinajstić information content (AvgIpc) is 2.78. The molecular formula is C15H26N2O3. The topological polar surface area (TPSA) is 69.6 Å². The van der Waals surface area contributed by atoms with Crippen LogP contribution in [0.3, 0.4) is 0 Å². The Morgan fingerprint density at radius 3 is 2.75 bits per heavy atom. The van der Waals surface area contributed by atoms with Crippen LogP contribution in [0.2, 0.25) is 0 Å². The van der Waals surface area contributed by atoms with Crippen LogP contribution in [-0.2, 0) is 9.59 Å². The third-order valence-corrected chi connectivity index (χ3v) is 4.69. The van der Waals surface area contributed by atoms with Crippen molar-refractivity contribution < 1.29 is 14.7 Å². The van der Waals surface area contributed by atoms with E-state index in [1.54, 1.807) is 0 Å². The summed E-state index contributed by atoms with van der Waals surface area (Å²) in [5.41, 5.74) is 0. The van der Waals surface area contributed by atoms with E-state index in [2.05, 4.69) is 12.2 Å². The SMILES string of the molecule is CCCCNC(=O)CN1[C@H](C(=O)O)C[C@H]2CCCC[C@@H]21. The predicted octanol–water partition coefficient (Wildman–Crippen LogP) is 1.62. The molecule has 3 atom stereocenters. The molecule has 1 aliphatic heterocycles. The fourth-order valence-corrected chi connectivity index (χ4v) is 3.65. The Kier molecular flexibility index (Phi) is 5.40. The first kappa shape index (κ1) is 15.3. The van der Waals surface area contributed by atoms with Gasteiger partial charge in [-0.25, -0.2) is 0 Å². The lowest BCUT2D eigenvalue weighted by Gasteiger charge is -2.32. The van der Waals surface area contributed by atoms with E-state index in [1.165, 1.54) is 6.42 Å². The fourth-order valence-electron chi connectivity index (χ4n) is 3.65. The molecule has 20 heavy (non-hydrogen) atoms. The molecular weight excluding hydrogens is 256 g/mol. The Morgan fingerprint density at radius 2 is 2.05 bits per heavy atom. The highest BCUT2D eigenvalue weighted by Crippen LogP contribution is 2.39.